The van der Waals surface area contributed by atoms with Gasteiger partial charge < -0.3 is 4.42 Å². The molecule has 3 fully saturated rings. The van der Waals surface area contributed by atoms with Crippen LogP contribution in [0.2, 0.25) is 0 Å². The number of fused-ring (bicyclic) bond motifs is 10. The highest BCUT2D eigenvalue weighted by Gasteiger charge is 2.46. The predicted octanol–water partition coefficient (Wildman–Crippen LogP) is 9.14. The molecule has 3 saturated carbocycles. The fourth-order valence-corrected chi connectivity index (χ4v) is 9.31. The third-order valence-electron chi connectivity index (χ3n) is 11.2. The summed E-state index contributed by atoms with van der Waals surface area (Å²) in [6.07, 6.45) is 10.9. The summed E-state index contributed by atoms with van der Waals surface area (Å²) in [5, 5.41) is 4.55. The van der Waals surface area contributed by atoms with Crippen molar-refractivity contribution in [3.8, 4) is 23.2 Å². The van der Waals surface area contributed by atoms with E-state index < -0.39 is 0 Å². The van der Waals surface area contributed by atoms with Gasteiger partial charge in [0.15, 0.2) is 5.82 Å². The number of rotatable bonds is 3. The van der Waals surface area contributed by atoms with Gasteiger partial charge in [0.1, 0.15) is 22.8 Å². The molecular weight excluding hydrogens is 514 g/mol. The second-order valence-electron chi connectivity index (χ2n) is 14.5. The topological polar surface area (TPSA) is 51.8 Å². The minimum absolute atomic E-state index is 0.0182. The Morgan fingerprint density at radius 2 is 1.38 bits per heavy atom. The molecule has 0 amide bonds. The lowest BCUT2D eigenvalue weighted by atomic mass is 9.69. The quantitative estimate of drug-likeness (QED) is 0.210. The van der Waals surface area contributed by atoms with E-state index in [1.165, 1.54) is 50.3 Å². The molecule has 6 atom stereocenters. The summed E-state index contributed by atoms with van der Waals surface area (Å²) < 4.78 is 6.56. The van der Waals surface area contributed by atoms with Crippen molar-refractivity contribution in [1.82, 2.24) is 15.0 Å². The Kier molecular flexibility index (Phi) is 5.26. The van der Waals surface area contributed by atoms with Gasteiger partial charge >= 0.3 is 0 Å². The standard InChI is InChI=1S/C38H37N3O/c1-37(19-23-10-11-24(20-37)13-12-23)35-39-34(40-36(41-35)38(2)21-25-14-15-26(18-25)22-38)30-8-5-9-31-32(30)29-17-16-27-6-3-4-7-28(27)33(29)42-31/h3-9,16-17,23-26H,10-11,14-15,18-22H2,1-2H3/t23-,24?,25-,26?,37?,38?/m0/s1. The second-order valence-corrected chi connectivity index (χ2v) is 14.5. The molecule has 0 aliphatic heterocycles. The van der Waals surface area contributed by atoms with E-state index in [-0.39, 0.29) is 10.8 Å². The molecule has 5 aliphatic carbocycles. The van der Waals surface area contributed by atoms with Crippen LogP contribution in [0.4, 0.5) is 0 Å². The molecule has 5 aromatic rings. The summed E-state index contributed by atoms with van der Waals surface area (Å²) in [4.78, 5) is 16.3. The molecule has 0 N–H and O–H groups in total. The maximum atomic E-state index is 6.56. The van der Waals surface area contributed by atoms with Gasteiger partial charge in [-0.05, 0) is 74.3 Å². The first kappa shape index (κ1) is 24.8. The zero-order chi connectivity index (χ0) is 28.1. The fraction of sp³-hybridized carbons (Fsp3) is 0.447. The molecule has 42 heavy (non-hydrogen) atoms. The van der Waals surface area contributed by atoms with E-state index in [0.29, 0.717) is 11.8 Å². The number of benzene rings is 3. The van der Waals surface area contributed by atoms with Gasteiger partial charge in [-0.15, -0.1) is 0 Å². The Hall–Kier alpha value is -3.71. The van der Waals surface area contributed by atoms with E-state index in [1.807, 2.05) is 0 Å². The van der Waals surface area contributed by atoms with Crippen LogP contribution in [0, 0.1) is 35.5 Å². The molecule has 2 aromatic heterocycles. The molecular formula is C38H37N3O. The van der Waals surface area contributed by atoms with Crippen LogP contribution in [0.3, 0.4) is 0 Å². The van der Waals surface area contributed by atoms with Gasteiger partial charge in [-0.25, -0.2) is 15.0 Å². The molecule has 4 bridgehead atoms. The summed E-state index contributed by atoms with van der Waals surface area (Å²) in [7, 11) is 0. The zero-order valence-corrected chi connectivity index (χ0v) is 24.6. The SMILES string of the molecule is CC1(c2nc(-c3cccc4oc5c6ccccc6ccc5c34)nc(C3(C)CC4CC[C@@H](C4)C3)n2)CC2C#C[C@H](CC2)C1. The van der Waals surface area contributed by atoms with Gasteiger partial charge in [-0.2, -0.15) is 0 Å². The van der Waals surface area contributed by atoms with Crippen LogP contribution in [0.25, 0.3) is 44.1 Å². The summed E-state index contributed by atoms with van der Waals surface area (Å²) >= 11 is 0. The van der Waals surface area contributed by atoms with Crippen molar-refractivity contribution >= 4 is 32.7 Å². The van der Waals surface area contributed by atoms with Gasteiger partial charge in [0.2, 0.25) is 0 Å². The van der Waals surface area contributed by atoms with Crippen LogP contribution in [-0.4, -0.2) is 15.0 Å². The molecule has 3 aromatic carbocycles. The molecule has 2 heterocycles. The van der Waals surface area contributed by atoms with Crippen molar-refractivity contribution in [3.05, 3.63) is 66.2 Å². The van der Waals surface area contributed by atoms with Crippen molar-refractivity contribution in [2.45, 2.75) is 82.5 Å². The molecule has 0 saturated heterocycles. The van der Waals surface area contributed by atoms with Crippen molar-refractivity contribution in [2.75, 3.05) is 0 Å². The van der Waals surface area contributed by atoms with Crippen molar-refractivity contribution in [2.24, 2.45) is 23.7 Å². The highest BCUT2D eigenvalue weighted by Crippen LogP contribution is 2.52. The molecule has 5 aliphatic rings. The molecule has 10 rings (SSSR count). The first-order valence-corrected chi connectivity index (χ1v) is 16.1. The Morgan fingerprint density at radius 1 is 0.690 bits per heavy atom. The number of furan rings is 1. The highest BCUT2D eigenvalue weighted by atomic mass is 16.3. The number of hydrogen-bond acceptors (Lipinski definition) is 4. The Balaban J connectivity index is 1.27. The van der Waals surface area contributed by atoms with E-state index in [9.17, 15) is 0 Å². The lowest BCUT2D eigenvalue weighted by Gasteiger charge is -2.37. The third kappa shape index (κ3) is 3.78. The molecule has 4 heteroatoms. The van der Waals surface area contributed by atoms with E-state index in [1.54, 1.807) is 0 Å². The third-order valence-corrected chi connectivity index (χ3v) is 11.2. The van der Waals surface area contributed by atoms with Crippen molar-refractivity contribution in [3.63, 3.8) is 0 Å². The van der Waals surface area contributed by atoms with Gasteiger partial charge in [0.05, 0.1) is 0 Å². The lowest BCUT2D eigenvalue weighted by molar-refractivity contribution is 0.219. The van der Waals surface area contributed by atoms with Crippen molar-refractivity contribution in [1.29, 1.82) is 0 Å². The van der Waals surface area contributed by atoms with E-state index >= 15 is 0 Å². The maximum Gasteiger partial charge on any atom is 0.164 e. The minimum atomic E-state index is -0.124. The van der Waals surface area contributed by atoms with Crippen LogP contribution < -0.4 is 0 Å². The summed E-state index contributed by atoms with van der Waals surface area (Å²) in [5.41, 5.74) is 2.73. The highest BCUT2D eigenvalue weighted by molar-refractivity contribution is 6.18. The zero-order valence-electron chi connectivity index (χ0n) is 24.6. The molecule has 4 nitrogen and oxygen atoms in total. The number of hydrogen-bond donors (Lipinski definition) is 0. The lowest BCUT2D eigenvalue weighted by Crippen LogP contribution is -2.35. The molecule has 0 radical (unpaired) electrons. The molecule has 0 spiro atoms. The first-order chi connectivity index (χ1) is 20.4. The first-order valence-electron chi connectivity index (χ1n) is 16.1. The van der Waals surface area contributed by atoms with Gasteiger partial charge in [-0.3, -0.25) is 0 Å². The van der Waals surface area contributed by atoms with E-state index in [0.717, 1.165) is 75.0 Å². The molecule has 210 valence electrons. The van der Waals surface area contributed by atoms with Crippen LogP contribution in [-0.2, 0) is 10.8 Å². The maximum absolute atomic E-state index is 6.56. The average Bonchev–Trinajstić information content (AvgIpc) is 3.45. The van der Waals surface area contributed by atoms with Crippen LogP contribution >= 0.6 is 0 Å². The fourth-order valence-electron chi connectivity index (χ4n) is 9.31. The summed E-state index contributed by atoms with van der Waals surface area (Å²) in [6.45, 7) is 4.82. The number of nitrogens with zero attached hydrogens (tertiary/aromatic N) is 3. The van der Waals surface area contributed by atoms with Gasteiger partial charge in [0.25, 0.3) is 0 Å². The van der Waals surface area contributed by atoms with Crippen LogP contribution in [0.1, 0.15) is 83.3 Å². The van der Waals surface area contributed by atoms with Crippen LogP contribution in [0.15, 0.2) is 59.0 Å². The van der Waals surface area contributed by atoms with Gasteiger partial charge in [-0.1, -0.05) is 81.0 Å². The van der Waals surface area contributed by atoms with Crippen LogP contribution in [0.5, 0.6) is 0 Å². The molecule has 4 unspecified atom stereocenters. The largest absolute Gasteiger partial charge is 0.455 e. The minimum Gasteiger partial charge on any atom is -0.455 e. The monoisotopic (exact) mass is 551 g/mol. The van der Waals surface area contributed by atoms with E-state index in [4.69, 9.17) is 19.4 Å². The summed E-state index contributed by atoms with van der Waals surface area (Å²) in [5.74, 6) is 12.4. The second kappa shape index (κ2) is 8.90. The predicted molar refractivity (Wildman–Crippen MR) is 168 cm³/mol. The Bertz CT molecular complexity index is 1930. The smallest absolute Gasteiger partial charge is 0.164 e. The van der Waals surface area contributed by atoms with Gasteiger partial charge in [0, 0.05) is 44.4 Å². The van der Waals surface area contributed by atoms with Crippen molar-refractivity contribution < 1.29 is 4.42 Å². The summed E-state index contributed by atoms with van der Waals surface area (Å²) in [6, 6.07) is 19.2. The normalized spacial score (nSPS) is 31.9. The Morgan fingerprint density at radius 3 is 2.10 bits per heavy atom. The number of aromatic nitrogens is 3. The Labute approximate surface area is 247 Å². The van der Waals surface area contributed by atoms with E-state index in [2.05, 4.69) is 80.3 Å². The average molecular weight is 552 g/mol.